The standard InChI is InChI=1S/C8H7BrCl2O/c9-6-2-1-5(3-7(6)11)8(12)4-10/h1-3,8,12H,4H2/t8-/m1/s1. The zero-order valence-electron chi connectivity index (χ0n) is 6.10. The third kappa shape index (κ3) is 2.36. The summed E-state index contributed by atoms with van der Waals surface area (Å²) in [4.78, 5) is 0. The second kappa shape index (κ2) is 4.47. The normalized spacial score (nSPS) is 13.0. The monoisotopic (exact) mass is 268 g/mol. The molecule has 0 radical (unpaired) electrons. The Labute approximate surface area is 89.4 Å². The van der Waals surface area contributed by atoms with E-state index in [1.807, 2.05) is 0 Å². The van der Waals surface area contributed by atoms with Gasteiger partial charge in [-0.3, -0.25) is 0 Å². The lowest BCUT2D eigenvalue weighted by Crippen LogP contribution is -1.97. The summed E-state index contributed by atoms with van der Waals surface area (Å²) in [7, 11) is 0. The van der Waals surface area contributed by atoms with Gasteiger partial charge in [-0.05, 0) is 33.6 Å². The number of benzene rings is 1. The Kier molecular flexibility index (Phi) is 3.84. The fraction of sp³-hybridized carbons (Fsp3) is 0.250. The molecule has 0 aliphatic rings. The fourth-order valence-electron chi connectivity index (χ4n) is 0.809. The first kappa shape index (κ1) is 10.3. The molecule has 0 saturated heterocycles. The summed E-state index contributed by atoms with van der Waals surface area (Å²) in [6.45, 7) is 0. The fourth-order valence-corrected chi connectivity index (χ4v) is 1.42. The van der Waals surface area contributed by atoms with Crippen molar-refractivity contribution in [3.8, 4) is 0 Å². The number of aliphatic hydroxyl groups is 1. The minimum atomic E-state index is -0.641. The van der Waals surface area contributed by atoms with E-state index in [1.165, 1.54) is 0 Å². The van der Waals surface area contributed by atoms with Crippen LogP contribution in [0.4, 0.5) is 0 Å². The number of rotatable bonds is 2. The molecule has 4 heteroatoms. The smallest absolute Gasteiger partial charge is 0.0925 e. The van der Waals surface area contributed by atoms with Crippen LogP contribution in [0.1, 0.15) is 11.7 Å². The molecule has 0 fully saturated rings. The van der Waals surface area contributed by atoms with E-state index < -0.39 is 6.10 Å². The van der Waals surface area contributed by atoms with Crippen molar-refractivity contribution in [3.05, 3.63) is 33.3 Å². The molecule has 1 nitrogen and oxygen atoms in total. The number of hydrogen-bond acceptors (Lipinski definition) is 1. The van der Waals surface area contributed by atoms with Crippen molar-refractivity contribution in [2.45, 2.75) is 6.10 Å². The van der Waals surface area contributed by atoms with Gasteiger partial charge < -0.3 is 5.11 Å². The van der Waals surface area contributed by atoms with E-state index in [-0.39, 0.29) is 5.88 Å². The maximum absolute atomic E-state index is 9.34. The Hall–Kier alpha value is 0.240. The van der Waals surface area contributed by atoms with E-state index in [0.717, 1.165) is 10.0 Å². The molecule has 1 rings (SSSR count). The minimum absolute atomic E-state index is 0.179. The summed E-state index contributed by atoms with van der Waals surface area (Å²) in [5.41, 5.74) is 0.734. The van der Waals surface area contributed by atoms with Gasteiger partial charge in [0.2, 0.25) is 0 Å². The number of hydrogen-bond donors (Lipinski definition) is 1. The van der Waals surface area contributed by atoms with Gasteiger partial charge in [-0.1, -0.05) is 17.7 Å². The lowest BCUT2D eigenvalue weighted by molar-refractivity contribution is 0.202. The van der Waals surface area contributed by atoms with Crippen LogP contribution in [0.5, 0.6) is 0 Å². The topological polar surface area (TPSA) is 20.2 Å². The van der Waals surface area contributed by atoms with Gasteiger partial charge >= 0.3 is 0 Å². The van der Waals surface area contributed by atoms with Crippen LogP contribution >= 0.6 is 39.1 Å². The van der Waals surface area contributed by atoms with E-state index in [0.29, 0.717) is 5.02 Å². The highest BCUT2D eigenvalue weighted by atomic mass is 79.9. The molecule has 0 unspecified atom stereocenters. The van der Waals surface area contributed by atoms with Crippen LogP contribution in [-0.2, 0) is 0 Å². The van der Waals surface area contributed by atoms with Crippen molar-refractivity contribution in [2.75, 3.05) is 5.88 Å². The van der Waals surface area contributed by atoms with Crippen molar-refractivity contribution < 1.29 is 5.11 Å². The van der Waals surface area contributed by atoms with Gasteiger partial charge in [0.1, 0.15) is 0 Å². The molecule has 0 aromatic heterocycles. The molecule has 0 aliphatic heterocycles. The van der Waals surface area contributed by atoms with Gasteiger partial charge in [0.25, 0.3) is 0 Å². The number of aliphatic hydroxyl groups excluding tert-OH is 1. The quantitative estimate of drug-likeness (QED) is 0.817. The Morgan fingerprint density at radius 3 is 2.67 bits per heavy atom. The van der Waals surface area contributed by atoms with Gasteiger partial charge in [-0.2, -0.15) is 0 Å². The van der Waals surface area contributed by atoms with Crippen molar-refractivity contribution in [2.24, 2.45) is 0 Å². The molecule has 12 heavy (non-hydrogen) atoms. The second-order valence-electron chi connectivity index (χ2n) is 2.34. The average Bonchev–Trinajstić information content (AvgIpc) is 2.08. The molecular formula is C8H7BrCl2O. The lowest BCUT2D eigenvalue weighted by atomic mass is 10.1. The average molecular weight is 270 g/mol. The Balaban J connectivity index is 2.96. The van der Waals surface area contributed by atoms with Crippen molar-refractivity contribution in [3.63, 3.8) is 0 Å². The predicted molar refractivity (Wildman–Crippen MR) is 54.8 cm³/mol. The molecule has 0 amide bonds. The van der Waals surface area contributed by atoms with Crippen molar-refractivity contribution >= 4 is 39.1 Å². The molecule has 1 atom stereocenters. The van der Waals surface area contributed by atoms with Crippen LogP contribution in [0.25, 0.3) is 0 Å². The van der Waals surface area contributed by atoms with Crippen LogP contribution < -0.4 is 0 Å². The summed E-state index contributed by atoms with van der Waals surface area (Å²) >= 11 is 14.5. The molecule has 1 aromatic carbocycles. The lowest BCUT2D eigenvalue weighted by Gasteiger charge is -2.07. The maximum atomic E-state index is 9.34. The van der Waals surface area contributed by atoms with Gasteiger partial charge in [-0.15, -0.1) is 11.6 Å². The second-order valence-corrected chi connectivity index (χ2v) is 3.91. The highest BCUT2D eigenvalue weighted by Crippen LogP contribution is 2.26. The van der Waals surface area contributed by atoms with Gasteiger partial charge in [0.05, 0.1) is 17.0 Å². The molecule has 0 bridgehead atoms. The van der Waals surface area contributed by atoms with E-state index in [2.05, 4.69) is 15.9 Å². The molecule has 0 heterocycles. The summed E-state index contributed by atoms with van der Waals surface area (Å²) < 4.78 is 0.815. The first-order valence-corrected chi connectivity index (χ1v) is 5.04. The van der Waals surface area contributed by atoms with E-state index in [9.17, 15) is 5.11 Å². The van der Waals surface area contributed by atoms with E-state index in [4.69, 9.17) is 23.2 Å². The Morgan fingerprint density at radius 1 is 1.50 bits per heavy atom. The predicted octanol–water partition coefficient (Wildman–Crippen LogP) is 3.37. The number of alkyl halides is 1. The zero-order valence-corrected chi connectivity index (χ0v) is 9.20. The van der Waals surface area contributed by atoms with E-state index in [1.54, 1.807) is 18.2 Å². The largest absolute Gasteiger partial charge is 0.387 e. The minimum Gasteiger partial charge on any atom is -0.387 e. The van der Waals surface area contributed by atoms with Crippen LogP contribution in [0, 0.1) is 0 Å². The van der Waals surface area contributed by atoms with Gasteiger partial charge in [0.15, 0.2) is 0 Å². The van der Waals surface area contributed by atoms with Crippen LogP contribution in [0.15, 0.2) is 22.7 Å². The van der Waals surface area contributed by atoms with Crippen LogP contribution in [0.3, 0.4) is 0 Å². The van der Waals surface area contributed by atoms with Gasteiger partial charge in [0, 0.05) is 4.47 Å². The summed E-state index contributed by atoms with van der Waals surface area (Å²) in [5, 5.41) is 9.92. The SMILES string of the molecule is O[C@H](CCl)c1ccc(Br)c(Cl)c1. The Bertz CT molecular complexity index is 278. The highest BCUT2D eigenvalue weighted by Gasteiger charge is 2.06. The molecule has 0 aliphatic carbocycles. The summed E-state index contributed by atoms with van der Waals surface area (Å²) in [6.07, 6.45) is -0.641. The first-order valence-electron chi connectivity index (χ1n) is 3.34. The summed E-state index contributed by atoms with van der Waals surface area (Å²) in [5.74, 6) is 0.179. The molecule has 0 spiro atoms. The molecular weight excluding hydrogens is 263 g/mol. The Morgan fingerprint density at radius 2 is 2.17 bits per heavy atom. The van der Waals surface area contributed by atoms with Crippen molar-refractivity contribution in [1.29, 1.82) is 0 Å². The summed E-state index contributed by atoms with van der Waals surface area (Å²) in [6, 6.07) is 5.26. The molecule has 0 saturated carbocycles. The van der Waals surface area contributed by atoms with Crippen LogP contribution in [0.2, 0.25) is 5.02 Å². The zero-order chi connectivity index (χ0) is 9.14. The van der Waals surface area contributed by atoms with E-state index >= 15 is 0 Å². The molecule has 66 valence electrons. The number of halogens is 3. The van der Waals surface area contributed by atoms with Crippen LogP contribution in [-0.4, -0.2) is 11.0 Å². The molecule has 1 aromatic rings. The van der Waals surface area contributed by atoms with Crippen molar-refractivity contribution in [1.82, 2.24) is 0 Å². The maximum Gasteiger partial charge on any atom is 0.0925 e. The highest BCUT2D eigenvalue weighted by molar-refractivity contribution is 9.10. The van der Waals surface area contributed by atoms with Gasteiger partial charge in [-0.25, -0.2) is 0 Å². The molecule has 1 N–H and O–H groups in total. The first-order chi connectivity index (χ1) is 5.65. The third-order valence-corrected chi connectivity index (χ3v) is 3.00. The third-order valence-electron chi connectivity index (χ3n) is 1.47.